The smallest absolute Gasteiger partial charge is 0.412 e. The second-order valence-electron chi connectivity index (χ2n) is 13.1. The molecule has 4 aromatic rings. The normalized spacial score (nSPS) is 15.2. The van der Waals surface area contributed by atoms with Gasteiger partial charge in [-0.15, -0.1) is 0 Å². The van der Waals surface area contributed by atoms with Crippen LogP contribution in [-0.4, -0.2) is 63.9 Å². The highest BCUT2D eigenvalue weighted by Crippen LogP contribution is 2.43. The maximum Gasteiger partial charge on any atom is 0.412 e. The van der Waals surface area contributed by atoms with E-state index in [9.17, 15) is 19.5 Å². The molecule has 2 aliphatic rings. The Bertz CT molecular complexity index is 1990. The molecule has 0 saturated carbocycles. The third-order valence-corrected chi connectivity index (χ3v) is 8.53. The van der Waals surface area contributed by atoms with E-state index in [0.29, 0.717) is 39.0 Å². The highest BCUT2D eigenvalue weighted by atomic mass is 19.1. The molecule has 0 fully saturated rings. The van der Waals surface area contributed by atoms with Gasteiger partial charge in [-0.2, -0.15) is 0 Å². The van der Waals surface area contributed by atoms with Crippen LogP contribution in [0.15, 0.2) is 42.7 Å². The third-order valence-electron chi connectivity index (χ3n) is 8.53. The molecule has 0 radical (unpaired) electrons. The number of hydrogen-bond donors (Lipinski definition) is 3. The van der Waals surface area contributed by atoms with Crippen molar-refractivity contribution in [3.05, 3.63) is 65.2 Å². The zero-order chi connectivity index (χ0) is 34.0. The Morgan fingerprint density at radius 3 is 2.53 bits per heavy atom. The maximum atomic E-state index is 16.5. The molecule has 13 heteroatoms. The molecule has 12 nitrogen and oxygen atoms in total. The number of carbonyl (C=O) groups excluding carboxylic acids is 2. The van der Waals surface area contributed by atoms with Crippen LogP contribution in [0, 0.1) is 12.7 Å². The Morgan fingerprint density at radius 2 is 1.83 bits per heavy atom. The number of fused-ring (bicyclic) bond motifs is 3. The van der Waals surface area contributed by atoms with Gasteiger partial charge >= 0.3 is 12.2 Å². The number of carbonyl (C=O) groups is 3. The van der Waals surface area contributed by atoms with Crippen molar-refractivity contribution in [2.45, 2.75) is 52.7 Å². The molecule has 0 bridgehead atoms. The van der Waals surface area contributed by atoms with E-state index < -0.39 is 29.1 Å². The van der Waals surface area contributed by atoms with Crippen molar-refractivity contribution < 1.29 is 33.4 Å². The minimum atomic E-state index is -1.18. The molecule has 0 spiro atoms. The molecule has 47 heavy (non-hydrogen) atoms. The number of ether oxygens (including phenoxy) is 2. The number of amides is 3. The van der Waals surface area contributed by atoms with E-state index >= 15 is 4.39 Å². The van der Waals surface area contributed by atoms with Crippen molar-refractivity contribution in [3.63, 3.8) is 0 Å². The van der Waals surface area contributed by atoms with E-state index in [1.54, 1.807) is 63.9 Å². The lowest BCUT2D eigenvalue weighted by atomic mass is 9.93. The fourth-order valence-corrected chi connectivity index (χ4v) is 5.94. The Hall–Kier alpha value is -5.46. The first-order valence-corrected chi connectivity index (χ1v) is 15.0. The van der Waals surface area contributed by atoms with Gasteiger partial charge < -0.3 is 24.8 Å². The van der Waals surface area contributed by atoms with E-state index in [-0.39, 0.29) is 41.9 Å². The summed E-state index contributed by atoms with van der Waals surface area (Å²) in [5.74, 6) is -0.261. The van der Waals surface area contributed by atoms with E-state index in [0.717, 1.165) is 10.5 Å². The number of aromatic nitrogens is 2. The van der Waals surface area contributed by atoms with Crippen molar-refractivity contribution in [2.75, 3.05) is 35.7 Å². The molecular weight excluding hydrogens is 607 g/mol. The predicted molar refractivity (Wildman–Crippen MR) is 175 cm³/mol. The van der Waals surface area contributed by atoms with Crippen LogP contribution in [0.4, 0.5) is 36.9 Å². The number of halogens is 1. The van der Waals surface area contributed by atoms with Gasteiger partial charge in [0.05, 0.1) is 17.8 Å². The number of nitrogens with zero attached hydrogens (tertiary/aromatic N) is 4. The average Bonchev–Trinajstić information content (AvgIpc) is 3.17. The van der Waals surface area contributed by atoms with Gasteiger partial charge in [-0.1, -0.05) is 0 Å². The Labute approximate surface area is 270 Å². The highest BCUT2D eigenvalue weighted by molar-refractivity contribution is 6.05. The number of rotatable bonds is 4. The first kappa shape index (κ1) is 31.5. The summed E-state index contributed by atoms with van der Waals surface area (Å²) in [5.41, 5.74) is 1.75. The second-order valence-corrected chi connectivity index (χ2v) is 13.1. The standard InChI is InChI=1S/C34H35FN6O6/c1-17-22(15-37-29-28(17)41(32(44)45)10-11-46-29)21-12-18-13-25(36-16-23(18)27(26(21)35)39-31(43)47-33(2,3)4)38-19-8-9-20-24(14-19)34(5,6)40(7)30(20)42/h8-9,12-16H,10-11H2,1-7H3,(H,36,38)(H,39,43)(H,44,45). The van der Waals surface area contributed by atoms with Crippen LogP contribution in [0.25, 0.3) is 21.9 Å². The Balaban J connectivity index is 1.47. The fourth-order valence-electron chi connectivity index (χ4n) is 5.94. The van der Waals surface area contributed by atoms with Gasteiger partial charge in [-0.25, -0.2) is 23.9 Å². The minimum absolute atomic E-state index is 0.0510. The summed E-state index contributed by atoms with van der Waals surface area (Å²) in [6.07, 6.45) is 0.828. The summed E-state index contributed by atoms with van der Waals surface area (Å²) in [6.45, 7) is 10.9. The average molecular weight is 643 g/mol. The molecule has 0 saturated heterocycles. The van der Waals surface area contributed by atoms with Crippen LogP contribution < -0.4 is 20.3 Å². The van der Waals surface area contributed by atoms with E-state index in [1.807, 2.05) is 19.9 Å². The van der Waals surface area contributed by atoms with Gasteiger partial charge in [-0.05, 0) is 88.4 Å². The molecule has 2 aromatic heterocycles. The van der Waals surface area contributed by atoms with Crippen molar-refractivity contribution >= 4 is 51.7 Å². The largest absolute Gasteiger partial charge is 0.474 e. The summed E-state index contributed by atoms with van der Waals surface area (Å²) in [4.78, 5) is 49.3. The van der Waals surface area contributed by atoms with Crippen molar-refractivity contribution in [1.29, 1.82) is 0 Å². The second kappa shape index (κ2) is 11.1. The van der Waals surface area contributed by atoms with Crippen LogP contribution in [0.2, 0.25) is 0 Å². The molecule has 2 aliphatic heterocycles. The first-order chi connectivity index (χ1) is 22.1. The molecular formula is C34H35FN6O6. The van der Waals surface area contributed by atoms with Gasteiger partial charge in [0.25, 0.3) is 5.91 Å². The molecule has 0 atom stereocenters. The third kappa shape index (κ3) is 5.51. The SMILES string of the molecule is Cc1c(-c2cc3cc(Nc4ccc5c(c4)C(C)(C)N(C)C5=O)ncc3c(NC(=O)OC(C)(C)C)c2F)cnc2c1N(C(=O)O)CCO2. The highest BCUT2D eigenvalue weighted by Gasteiger charge is 2.40. The monoisotopic (exact) mass is 642 g/mol. The zero-order valence-corrected chi connectivity index (χ0v) is 27.1. The molecule has 4 heterocycles. The predicted octanol–water partition coefficient (Wildman–Crippen LogP) is 7.03. The number of benzene rings is 2. The van der Waals surface area contributed by atoms with Gasteiger partial charge in [0.15, 0.2) is 5.82 Å². The summed E-state index contributed by atoms with van der Waals surface area (Å²) < 4.78 is 27.6. The molecule has 2 aromatic carbocycles. The Morgan fingerprint density at radius 1 is 1.09 bits per heavy atom. The van der Waals surface area contributed by atoms with Crippen LogP contribution >= 0.6 is 0 Å². The van der Waals surface area contributed by atoms with E-state index in [2.05, 4.69) is 20.6 Å². The number of nitrogens with one attached hydrogen (secondary N) is 2. The van der Waals surface area contributed by atoms with E-state index in [1.165, 1.54) is 12.4 Å². The quantitative estimate of drug-likeness (QED) is 0.213. The lowest BCUT2D eigenvalue weighted by molar-refractivity contribution is 0.0633. The van der Waals surface area contributed by atoms with Gasteiger partial charge in [0.2, 0.25) is 5.88 Å². The fraction of sp³-hybridized carbons (Fsp3) is 0.324. The molecule has 3 N–H and O–H groups in total. The van der Waals surface area contributed by atoms with Crippen LogP contribution in [0.1, 0.15) is 56.1 Å². The van der Waals surface area contributed by atoms with Crippen LogP contribution in [0.3, 0.4) is 0 Å². The van der Waals surface area contributed by atoms with E-state index in [4.69, 9.17) is 9.47 Å². The summed E-state index contributed by atoms with van der Waals surface area (Å²) in [5, 5.41) is 16.5. The first-order valence-electron chi connectivity index (χ1n) is 15.0. The number of pyridine rings is 2. The minimum Gasteiger partial charge on any atom is -0.474 e. The van der Waals surface area contributed by atoms with Crippen LogP contribution in [0.5, 0.6) is 5.88 Å². The molecule has 244 valence electrons. The summed E-state index contributed by atoms with van der Waals surface area (Å²) >= 11 is 0. The lowest BCUT2D eigenvalue weighted by Gasteiger charge is -2.29. The van der Waals surface area contributed by atoms with Gasteiger partial charge in [0, 0.05) is 47.2 Å². The Kier molecular flexibility index (Phi) is 7.45. The molecule has 0 unspecified atom stereocenters. The summed E-state index contributed by atoms with van der Waals surface area (Å²) in [7, 11) is 1.77. The number of anilines is 4. The molecule has 3 amide bonds. The maximum absolute atomic E-state index is 16.5. The number of carboxylic acid groups (broad SMARTS) is 1. The topological polar surface area (TPSA) is 146 Å². The van der Waals surface area contributed by atoms with Crippen molar-refractivity contribution in [2.24, 2.45) is 0 Å². The lowest BCUT2D eigenvalue weighted by Crippen LogP contribution is -2.37. The molecule has 6 rings (SSSR count). The van der Waals surface area contributed by atoms with Gasteiger partial charge in [-0.3, -0.25) is 15.0 Å². The van der Waals surface area contributed by atoms with Crippen LogP contribution in [-0.2, 0) is 10.3 Å². The summed E-state index contributed by atoms with van der Waals surface area (Å²) in [6, 6.07) is 8.79. The van der Waals surface area contributed by atoms with Crippen molar-refractivity contribution in [1.82, 2.24) is 14.9 Å². The zero-order valence-electron chi connectivity index (χ0n) is 27.1. The van der Waals surface area contributed by atoms with Crippen molar-refractivity contribution in [3.8, 4) is 17.0 Å². The molecule has 0 aliphatic carbocycles. The van der Waals surface area contributed by atoms with Gasteiger partial charge in [0.1, 0.15) is 23.7 Å². The number of hydrogen-bond acceptors (Lipinski definition) is 8.